The lowest BCUT2D eigenvalue weighted by Gasteiger charge is -2.33. The number of carbonyl (C=O) groups excluding carboxylic acids is 1. The molecule has 5 rings (SSSR count). The number of aromatic nitrogens is 1. The molecule has 2 saturated heterocycles. The molecule has 8 nitrogen and oxygen atoms in total. The third-order valence-electron chi connectivity index (χ3n) is 8.47. The Morgan fingerprint density at radius 2 is 1.78 bits per heavy atom. The number of benzene rings is 2. The molecule has 0 unspecified atom stereocenters. The number of alkyl halides is 4. The number of amides is 1. The molecule has 3 N–H and O–H groups in total. The maximum Gasteiger partial charge on any atom is 0.406 e. The summed E-state index contributed by atoms with van der Waals surface area (Å²) in [5, 5.41) is 10.0. The molecule has 2 aromatic carbocycles. The van der Waals surface area contributed by atoms with Gasteiger partial charge in [0.05, 0.1) is 36.6 Å². The van der Waals surface area contributed by atoms with Gasteiger partial charge in [-0.2, -0.15) is 13.2 Å². The van der Waals surface area contributed by atoms with Gasteiger partial charge in [0.25, 0.3) is 5.91 Å². The van der Waals surface area contributed by atoms with Gasteiger partial charge in [-0.15, -0.1) is 0 Å². The maximum atomic E-state index is 14.7. The van der Waals surface area contributed by atoms with Gasteiger partial charge in [0.2, 0.25) is 0 Å². The average Bonchev–Trinajstić information content (AvgIpc) is 3.34. The summed E-state index contributed by atoms with van der Waals surface area (Å²) >= 11 is 0. The summed E-state index contributed by atoms with van der Waals surface area (Å²) < 4.78 is 62.2. The molecule has 2 aliphatic rings. The molecular formula is C33H40F4N6O2. The molecule has 3 aromatic rings. The molecule has 1 amide bonds. The van der Waals surface area contributed by atoms with E-state index in [0.717, 1.165) is 37.0 Å². The van der Waals surface area contributed by atoms with E-state index in [1.807, 2.05) is 11.9 Å². The van der Waals surface area contributed by atoms with Crippen LogP contribution in [0.25, 0.3) is 10.9 Å². The molecule has 3 heterocycles. The normalized spacial score (nSPS) is 20.0. The van der Waals surface area contributed by atoms with Crippen LogP contribution >= 0.6 is 0 Å². The van der Waals surface area contributed by atoms with Crippen molar-refractivity contribution in [1.82, 2.24) is 19.7 Å². The van der Waals surface area contributed by atoms with Crippen LogP contribution in [0.4, 0.5) is 28.9 Å². The van der Waals surface area contributed by atoms with Crippen LogP contribution < -0.4 is 20.7 Å². The highest BCUT2D eigenvalue weighted by molar-refractivity contribution is 5.96. The van der Waals surface area contributed by atoms with Gasteiger partial charge in [0.15, 0.2) is 0 Å². The zero-order valence-corrected chi connectivity index (χ0v) is 25.8. The van der Waals surface area contributed by atoms with E-state index in [1.54, 1.807) is 42.5 Å². The highest BCUT2D eigenvalue weighted by atomic mass is 19.4. The van der Waals surface area contributed by atoms with Crippen LogP contribution in [0.2, 0.25) is 0 Å². The van der Waals surface area contributed by atoms with Crippen LogP contribution in [0, 0.1) is 11.8 Å². The molecule has 45 heavy (non-hydrogen) atoms. The molecule has 0 spiro atoms. The molecule has 0 saturated carbocycles. The minimum atomic E-state index is -4.46. The second-order valence-electron chi connectivity index (χ2n) is 11.9. The Hall–Kier alpha value is -3.95. The molecule has 0 radical (unpaired) electrons. The van der Waals surface area contributed by atoms with Crippen LogP contribution in [0.3, 0.4) is 0 Å². The Morgan fingerprint density at radius 1 is 1.02 bits per heavy atom. The number of hydrogen-bond acceptors (Lipinski definition) is 6. The maximum absolute atomic E-state index is 14.7. The molecule has 0 aliphatic carbocycles. The third kappa shape index (κ3) is 8.21. The van der Waals surface area contributed by atoms with E-state index in [1.165, 1.54) is 7.11 Å². The number of likely N-dealkylation sites (tertiary alicyclic amines) is 2. The van der Waals surface area contributed by atoms with Crippen molar-refractivity contribution < 1.29 is 27.1 Å². The van der Waals surface area contributed by atoms with Gasteiger partial charge in [-0.05, 0) is 88.8 Å². The lowest BCUT2D eigenvalue weighted by molar-refractivity contribution is -0.140. The van der Waals surface area contributed by atoms with Gasteiger partial charge in [-0.1, -0.05) is 12.0 Å². The monoisotopic (exact) mass is 628 g/mol. The Balaban J connectivity index is 1.31. The van der Waals surface area contributed by atoms with Gasteiger partial charge in [-0.3, -0.25) is 4.79 Å². The zero-order chi connectivity index (χ0) is 32.1. The number of nitrogens with zero attached hydrogens (tertiary/aromatic N) is 3. The summed E-state index contributed by atoms with van der Waals surface area (Å²) in [5.74, 6) is 6.10. The highest BCUT2D eigenvalue weighted by Gasteiger charge is 2.31. The number of ether oxygens (including phenoxy) is 1. The van der Waals surface area contributed by atoms with Crippen molar-refractivity contribution in [3.8, 4) is 17.6 Å². The van der Waals surface area contributed by atoms with Crippen LogP contribution in [-0.4, -0.2) is 98.6 Å². The molecule has 2 fully saturated rings. The van der Waals surface area contributed by atoms with E-state index in [2.05, 4.69) is 39.7 Å². The first kappa shape index (κ1) is 32.4. The number of methoxy groups -OCH3 is 1. The molecule has 242 valence electrons. The first-order valence-electron chi connectivity index (χ1n) is 15.2. The fraction of sp³-hybridized carbons (Fsp3) is 0.485. The molecule has 2 atom stereocenters. The summed E-state index contributed by atoms with van der Waals surface area (Å²) in [6.07, 6.45) is -3.18. The minimum Gasteiger partial charge on any atom is -0.495 e. The number of hydrogen-bond donors (Lipinski definition) is 3. The Morgan fingerprint density at radius 3 is 2.49 bits per heavy atom. The second-order valence-corrected chi connectivity index (χ2v) is 11.9. The SMILES string of the molecule is COc1cc(C(=O)NC2CCN(C)CC2)ccc1NCC#Cc1cc2c(N[C@@H]3CCN(C)C[C@@H]3F)cccc2n1CC(F)(F)F. The summed E-state index contributed by atoms with van der Waals surface area (Å²) in [7, 11) is 5.43. The highest BCUT2D eigenvalue weighted by Crippen LogP contribution is 2.32. The largest absolute Gasteiger partial charge is 0.495 e. The number of piperidine rings is 2. The van der Waals surface area contributed by atoms with Crippen molar-refractivity contribution in [1.29, 1.82) is 0 Å². The van der Waals surface area contributed by atoms with E-state index in [-0.39, 0.29) is 24.2 Å². The van der Waals surface area contributed by atoms with E-state index < -0.39 is 24.9 Å². The molecule has 2 aliphatic heterocycles. The van der Waals surface area contributed by atoms with Crippen molar-refractivity contribution in [2.45, 2.75) is 50.2 Å². The number of fused-ring (bicyclic) bond motifs is 1. The third-order valence-corrected chi connectivity index (χ3v) is 8.47. The number of rotatable bonds is 8. The van der Waals surface area contributed by atoms with E-state index >= 15 is 0 Å². The lowest BCUT2D eigenvalue weighted by Crippen LogP contribution is -2.46. The fourth-order valence-electron chi connectivity index (χ4n) is 5.96. The Kier molecular flexibility index (Phi) is 10.1. The number of carbonyl (C=O) groups is 1. The summed E-state index contributed by atoms with van der Waals surface area (Å²) in [6.45, 7) is 1.82. The first-order chi connectivity index (χ1) is 21.5. The average molecular weight is 629 g/mol. The summed E-state index contributed by atoms with van der Waals surface area (Å²) in [5.41, 5.74) is 2.23. The van der Waals surface area contributed by atoms with Gasteiger partial charge in [0, 0.05) is 35.8 Å². The Labute approximate surface area is 261 Å². The second kappa shape index (κ2) is 14.0. The van der Waals surface area contributed by atoms with Gasteiger partial charge in [0.1, 0.15) is 18.5 Å². The van der Waals surface area contributed by atoms with Crippen LogP contribution in [0.15, 0.2) is 42.5 Å². The van der Waals surface area contributed by atoms with E-state index in [0.29, 0.717) is 46.6 Å². The molecule has 12 heteroatoms. The van der Waals surface area contributed by atoms with Crippen molar-refractivity contribution in [2.24, 2.45) is 0 Å². The van der Waals surface area contributed by atoms with Crippen molar-refractivity contribution >= 4 is 28.2 Å². The molecule has 1 aromatic heterocycles. The predicted molar refractivity (Wildman–Crippen MR) is 169 cm³/mol. The van der Waals surface area contributed by atoms with Crippen molar-refractivity contribution in [3.05, 3.63) is 53.7 Å². The minimum absolute atomic E-state index is 0.120. The van der Waals surface area contributed by atoms with Crippen LogP contribution in [0.5, 0.6) is 5.75 Å². The quantitative estimate of drug-likeness (QED) is 0.242. The fourth-order valence-corrected chi connectivity index (χ4v) is 5.96. The number of anilines is 2. The first-order valence-corrected chi connectivity index (χ1v) is 15.2. The van der Waals surface area contributed by atoms with Crippen LogP contribution in [-0.2, 0) is 6.54 Å². The topological polar surface area (TPSA) is 73.8 Å². The van der Waals surface area contributed by atoms with E-state index in [9.17, 15) is 22.4 Å². The molecule has 0 bridgehead atoms. The predicted octanol–water partition coefficient (Wildman–Crippen LogP) is 4.95. The van der Waals surface area contributed by atoms with E-state index in [4.69, 9.17) is 4.74 Å². The van der Waals surface area contributed by atoms with Crippen molar-refractivity contribution in [2.75, 3.05) is 64.6 Å². The smallest absolute Gasteiger partial charge is 0.406 e. The molecular weight excluding hydrogens is 588 g/mol. The lowest BCUT2D eigenvalue weighted by atomic mass is 10.0. The Bertz CT molecular complexity index is 1550. The van der Waals surface area contributed by atoms with Crippen LogP contribution in [0.1, 0.15) is 35.3 Å². The zero-order valence-electron chi connectivity index (χ0n) is 25.8. The number of nitrogens with one attached hydrogen (secondary N) is 3. The van der Waals surface area contributed by atoms with Gasteiger partial charge >= 0.3 is 6.18 Å². The summed E-state index contributed by atoms with van der Waals surface area (Å²) in [6, 6.07) is 11.4. The van der Waals surface area contributed by atoms with Gasteiger partial charge in [-0.25, -0.2) is 4.39 Å². The summed E-state index contributed by atoms with van der Waals surface area (Å²) in [4.78, 5) is 17.0. The van der Waals surface area contributed by atoms with Crippen molar-refractivity contribution in [3.63, 3.8) is 0 Å². The number of halogens is 4. The van der Waals surface area contributed by atoms with Gasteiger partial charge < -0.3 is 35.1 Å². The standard InChI is InChI=1S/C33H40F4N6O2/c1-41-15-11-23(12-16-41)39-32(44)22-9-10-29(31(18-22)45-3)38-14-5-6-24-19-25-27(40-28-13-17-42(2)20-26(28)34)7-4-8-30(25)43(24)21-33(35,36)37/h4,7-10,18-19,23,26,28,38,40H,11-17,20-21H2,1-3H3,(H,39,44)/t26-,28+/m0/s1.